The summed E-state index contributed by atoms with van der Waals surface area (Å²) in [6, 6.07) is 2.39. The zero-order chi connectivity index (χ0) is 10.0. The van der Waals surface area contributed by atoms with Gasteiger partial charge in [-0.05, 0) is 0 Å². The molecule has 0 atom stereocenters. The molecule has 0 unspecified atom stereocenters. The van der Waals surface area contributed by atoms with Crippen LogP contribution >= 0.6 is 23.2 Å². The predicted octanol–water partition coefficient (Wildman–Crippen LogP) is 2.91. The van der Waals surface area contributed by atoms with E-state index in [-0.39, 0.29) is 21.5 Å². The van der Waals surface area contributed by atoms with Crippen LogP contribution in [-0.4, -0.2) is 12.0 Å². The van der Waals surface area contributed by atoms with E-state index in [9.17, 15) is 10.1 Å². The van der Waals surface area contributed by atoms with E-state index in [4.69, 9.17) is 27.9 Å². The Labute approximate surface area is 84.2 Å². The van der Waals surface area contributed by atoms with Crippen molar-refractivity contribution in [3.63, 3.8) is 0 Å². The van der Waals surface area contributed by atoms with Crippen LogP contribution in [0.3, 0.4) is 0 Å². The number of hydrogen-bond acceptors (Lipinski definition) is 3. The lowest BCUT2D eigenvalue weighted by Crippen LogP contribution is -1.91. The average Bonchev–Trinajstić information content (AvgIpc) is 2.09. The molecule has 4 nitrogen and oxygen atoms in total. The van der Waals surface area contributed by atoms with Crippen molar-refractivity contribution in [2.24, 2.45) is 0 Å². The van der Waals surface area contributed by atoms with Crippen molar-refractivity contribution in [1.29, 1.82) is 0 Å². The number of non-ortho nitro benzene ring substituents is 1. The van der Waals surface area contributed by atoms with Gasteiger partial charge in [0.05, 0.1) is 23.1 Å². The molecule has 0 aliphatic heterocycles. The molecule has 0 aliphatic carbocycles. The Kier molecular flexibility index (Phi) is 2.95. The standard InChI is InChI=1S/C7H5Cl2NO3/c1-13-6-3-4(10(11)12)2-5(8)7(6)9/h2-3H,1H3. The maximum Gasteiger partial charge on any atom is 0.274 e. The van der Waals surface area contributed by atoms with Gasteiger partial charge in [0.25, 0.3) is 5.69 Å². The van der Waals surface area contributed by atoms with Crippen LogP contribution < -0.4 is 4.74 Å². The molecule has 0 aromatic heterocycles. The summed E-state index contributed by atoms with van der Waals surface area (Å²) in [5.41, 5.74) is -0.147. The first-order valence-electron chi connectivity index (χ1n) is 3.23. The summed E-state index contributed by atoms with van der Waals surface area (Å²) in [7, 11) is 1.36. The molecule has 0 N–H and O–H groups in total. The third-order valence-corrected chi connectivity index (χ3v) is 2.20. The number of nitro benzene ring substituents is 1. The van der Waals surface area contributed by atoms with Crippen LogP contribution in [0.5, 0.6) is 5.75 Å². The van der Waals surface area contributed by atoms with Gasteiger partial charge in [0.15, 0.2) is 0 Å². The SMILES string of the molecule is COc1cc([N+](=O)[O-])cc(Cl)c1Cl. The van der Waals surface area contributed by atoms with Crippen LogP contribution in [0.15, 0.2) is 12.1 Å². The minimum Gasteiger partial charge on any atom is -0.495 e. The van der Waals surface area contributed by atoms with Gasteiger partial charge in [-0.1, -0.05) is 23.2 Å². The lowest BCUT2D eigenvalue weighted by Gasteiger charge is -2.03. The van der Waals surface area contributed by atoms with E-state index in [0.29, 0.717) is 0 Å². The number of rotatable bonds is 2. The van der Waals surface area contributed by atoms with E-state index in [2.05, 4.69) is 0 Å². The zero-order valence-electron chi connectivity index (χ0n) is 6.58. The van der Waals surface area contributed by atoms with Gasteiger partial charge in [-0.25, -0.2) is 0 Å². The molecule has 0 amide bonds. The number of methoxy groups -OCH3 is 1. The summed E-state index contributed by atoms with van der Waals surface area (Å²) < 4.78 is 4.80. The van der Waals surface area contributed by atoms with Gasteiger partial charge < -0.3 is 4.74 Å². The zero-order valence-corrected chi connectivity index (χ0v) is 8.09. The molecule has 0 saturated carbocycles. The Morgan fingerprint density at radius 3 is 2.54 bits per heavy atom. The van der Waals surface area contributed by atoms with Crippen LogP contribution in [0.25, 0.3) is 0 Å². The van der Waals surface area contributed by atoms with Crippen molar-refractivity contribution in [1.82, 2.24) is 0 Å². The minimum absolute atomic E-state index is 0.104. The predicted molar refractivity (Wildman–Crippen MR) is 49.7 cm³/mol. The first-order chi connectivity index (χ1) is 6.06. The number of ether oxygens (including phenoxy) is 1. The maximum atomic E-state index is 10.4. The van der Waals surface area contributed by atoms with Gasteiger partial charge in [-0.2, -0.15) is 0 Å². The van der Waals surface area contributed by atoms with Crippen molar-refractivity contribution in [2.45, 2.75) is 0 Å². The molecular weight excluding hydrogens is 217 g/mol. The average molecular weight is 222 g/mol. The molecule has 0 spiro atoms. The highest BCUT2D eigenvalue weighted by Gasteiger charge is 2.14. The second-order valence-electron chi connectivity index (χ2n) is 2.20. The molecule has 1 aromatic rings. The fourth-order valence-corrected chi connectivity index (χ4v) is 1.20. The van der Waals surface area contributed by atoms with Crippen molar-refractivity contribution < 1.29 is 9.66 Å². The van der Waals surface area contributed by atoms with E-state index in [1.54, 1.807) is 0 Å². The van der Waals surface area contributed by atoms with Gasteiger partial charge in [0.1, 0.15) is 10.8 Å². The van der Waals surface area contributed by atoms with Gasteiger partial charge in [0.2, 0.25) is 0 Å². The molecule has 1 rings (SSSR count). The molecule has 70 valence electrons. The third kappa shape index (κ3) is 2.02. The Balaban J connectivity index is 3.30. The lowest BCUT2D eigenvalue weighted by atomic mass is 10.3. The van der Waals surface area contributed by atoms with E-state index < -0.39 is 4.92 Å². The van der Waals surface area contributed by atoms with Crippen LogP contribution in [0, 0.1) is 10.1 Å². The third-order valence-electron chi connectivity index (χ3n) is 1.41. The highest BCUT2D eigenvalue weighted by atomic mass is 35.5. The van der Waals surface area contributed by atoms with E-state index >= 15 is 0 Å². The normalized spacial score (nSPS) is 9.77. The second kappa shape index (κ2) is 3.81. The smallest absolute Gasteiger partial charge is 0.274 e. The monoisotopic (exact) mass is 221 g/mol. The fraction of sp³-hybridized carbons (Fsp3) is 0.143. The Morgan fingerprint density at radius 1 is 1.46 bits per heavy atom. The molecular formula is C7H5Cl2NO3. The van der Waals surface area contributed by atoms with Gasteiger partial charge in [-0.3, -0.25) is 10.1 Å². The largest absolute Gasteiger partial charge is 0.495 e. The first kappa shape index (κ1) is 10.1. The second-order valence-corrected chi connectivity index (χ2v) is 2.99. The van der Waals surface area contributed by atoms with Gasteiger partial charge in [-0.15, -0.1) is 0 Å². The topological polar surface area (TPSA) is 52.4 Å². The summed E-state index contributed by atoms with van der Waals surface area (Å²) in [5, 5.41) is 10.7. The lowest BCUT2D eigenvalue weighted by molar-refractivity contribution is -0.384. The van der Waals surface area contributed by atoms with Crippen LogP contribution in [0.1, 0.15) is 0 Å². The Hall–Kier alpha value is -1.000. The number of hydrogen-bond donors (Lipinski definition) is 0. The van der Waals surface area contributed by atoms with Crippen LogP contribution in [-0.2, 0) is 0 Å². The highest BCUT2D eigenvalue weighted by molar-refractivity contribution is 6.43. The first-order valence-corrected chi connectivity index (χ1v) is 3.99. The van der Waals surface area contributed by atoms with Gasteiger partial charge in [0, 0.05) is 6.07 Å². The number of nitro groups is 1. The van der Waals surface area contributed by atoms with Crippen molar-refractivity contribution in [3.8, 4) is 5.75 Å². The molecule has 6 heteroatoms. The summed E-state index contributed by atoms with van der Waals surface area (Å²) >= 11 is 11.3. The minimum atomic E-state index is -0.565. The maximum absolute atomic E-state index is 10.4. The quantitative estimate of drug-likeness (QED) is 0.570. The Morgan fingerprint density at radius 2 is 2.08 bits per heavy atom. The Bertz CT molecular complexity index is 354. The van der Waals surface area contributed by atoms with Crippen molar-refractivity contribution in [3.05, 3.63) is 32.3 Å². The number of benzene rings is 1. The molecule has 1 aromatic carbocycles. The van der Waals surface area contributed by atoms with Crippen LogP contribution in [0.2, 0.25) is 10.0 Å². The summed E-state index contributed by atoms with van der Waals surface area (Å²) in [5.74, 6) is 0.195. The van der Waals surface area contributed by atoms with E-state index in [0.717, 1.165) is 0 Å². The molecule has 0 bridgehead atoms. The van der Waals surface area contributed by atoms with Crippen molar-refractivity contribution in [2.75, 3.05) is 7.11 Å². The number of halogens is 2. The highest BCUT2D eigenvalue weighted by Crippen LogP contribution is 2.35. The van der Waals surface area contributed by atoms with Crippen molar-refractivity contribution >= 4 is 28.9 Å². The summed E-state index contributed by atoms with van der Waals surface area (Å²) in [4.78, 5) is 9.82. The van der Waals surface area contributed by atoms with E-state index in [1.165, 1.54) is 19.2 Å². The van der Waals surface area contributed by atoms with E-state index in [1.807, 2.05) is 0 Å². The molecule has 0 fully saturated rings. The fourth-order valence-electron chi connectivity index (χ4n) is 0.804. The molecule has 13 heavy (non-hydrogen) atoms. The number of nitrogens with zero attached hydrogens (tertiary/aromatic N) is 1. The summed E-state index contributed by atoms with van der Waals surface area (Å²) in [6.07, 6.45) is 0. The summed E-state index contributed by atoms with van der Waals surface area (Å²) in [6.45, 7) is 0. The van der Waals surface area contributed by atoms with Crippen LogP contribution in [0.4, 0.5) is 5.69 Å². The molecule has 0 aliphatic rings. The van der Waals surface area contributed by atoms with Gasteiger partial charge >= 0.3 is 0 Å². The molecule has 0 heterocycles. The molecule has 0 saturated heterocycles. The molecule has 0 radical (unpaired) electrons.